The van der Waals surface area contributed by atoms with Gasteiger partial charge in [0.05, 0.1) is 12.6 Å². The maximum atomic E-state index is 12.0. The Kier molecular flexibility index (Phi) is 2.90. The van der Waals surface area contributed by atoms with Crippen LogP contribution >= 0.6 is 11.6 Å². The third-order valence-corrected chi connectivity index (χ3v) is 2.97. The van der Waals surface area contributed by atoms with Crippen LogP contribution in [0, 0.1) is 6.92 Å². The van der Waals surface area contributed by atoms with E-state index in [-0.39, 0.29) is 11.0 Å². The van der Waals surface area contributed by atoms with Gasteiger partial charge in [-0.15, -0.1) is 0 Å². The maximum Gasteiger partial charge on any atom is 0.343 e. The molecule has 0 radical (unpaired) electrons. The van der Waals surface area contributed by atoms with Gasteiger partial charge in [-0.1, -0.05) is 11.6 Å². The topological polar surface area (TPSA) is 59.2 Å². The van der Waals surface area contributed by atoms with Crippen LogP contribution in [0.2, 0.25) is 5.02 Å². The van der Waals surface area contributed by atoms with Crippen molar-refractivity contribution in [3.63, 3.8) is 0 Å². The Morgan fingerprint density at radius 1 is 1.41 bits per heavy atom. The summed E-state index contributed by atoms with van der Waals surface area (Å²) >= 11 is 5.96. The van der Waals surface area contributed by atoms with Gasteiger partial charge in [0.2, 0.25) is 5.43 Å². The zero-order valence-corrected chi connectivity index (χ0v) is 10.1. The first-order valence-corrected chi connectivity index (χ1v) is 5.32. The van der Waals surface area contributed by atoms with Gasteiger partial charge in [0, 0.05) is 16.6 Å². The monoisotopic (exact) mass is 251 g/mol. The number of rotatable bonds is 1. The third-order valence-electron chi connectivity index (χ3n) is 2.57. The minimum Gasteiger partial charge on any atom is -0.465 e. The fourth-order valence-electron chi connectivity index (χ4n) is 1.61. The Morgan fingerprint density at radius 3 is 2.76 bits per heavy atom. The second kappa shape index (κ2) is 4.22. The van der Waals surface area contributed by atoms with Gasteiger partial charge in [0.15, 0.2) is 0 Å². The fourth-order valence-corrected chi connectivity index (χ4v) is 1.77. The lowest BCUT2D eigenvalue weighted by Gasteiger charge is -2.04. The van der Waals surface area contributed by atoms with E-state index in [9.17, 15) is 9.59 Å². The normalized spacial score (nSPS) is 10.5. The summed E-state index contributed by atoms with van der Waals surface area (Å²) in [5.74, 6) is -0.652. The molecule has 0 bridgehead atoms. The van der Waals surface area contributed by atoms with Gasteiger partial charge < -0.3 is 9.72 Å². The van der Waals surface area contributed by atoms with Crippen LogP contribution in [0.4, 0.5) is 0 Å². The van der Waals surface area contributed by atoms with Crippen LogP contribution in [0.5, 0.6) is 0 Å². The van der Waals surface area contributed by atoms with Crippen LogP contribution < -0.4 is 5.43 Å². The standard InChI is InChI=1S/C12H10ClNO3/c1-6-3-7-10(4-9(6)13)14-5-8(11(7)15)12(16)17-2/h3-5H,1-2H3,(H,14,15). The molecular formula is C12H10ClNO3. The largest absolute Gasteiger partial charge is 0.465 e. The first kappa shape index (κ1) is 11.7. The molecule has 0 unspecified atom stereocenters. The lowest BCUT2D eigenvalue weighted by molar-refractivity contribution is 0.0599. The van der Waals surface area contributed by atoms with Gasteiger partial charge in [-0.25, -0.2) is 4.79 Å². The van der Waals surface area contributed by atoms with Crippen molar-refractivity contribution >= 4 is 28.5 Å². The summed E-state index contributed by atoms with van der Waals surface area (Å²) in [7, 11) is 1.24. The highest BCUT2D eigenvalue weighted by molar-refractivity contribution is 6.32. The molecule has 0 spiro atoms. The van der Waals surface area contributed by atoms with Gasteiger partial charge >= 0.3 is 5.97 Å². The number of nitrogens with one attached hydrogen (secondary N) is 1. The second-order valence-electron chi connectivity index (χ2n) is 3.67. The summed E-state index contributed by atoms with van der Waals surface area (Å²) < 4.78 is 4.53. The Bertz CT molecular complexity index is 661. The van der Waals surface area contributed by atoms with Crippen LogP contribution in [-0.4, -0.2) is 18.1 Å². The number of halogens is 1. The van der Waals surface area contributed by atoms with Crippen molar-refractivity contribution in [1.29, 1.82) is 0 Å². The fraction of sp³-hybridized carbons (Fsp3) is 0.167. The number of H-pyrrole nitrogens is 1. The highest BCUT2D eigenvalue weighted by Gasteiger charge is 2.13. The van der Waals surface area contributed by atoms with Gasteiger partial charge in [-0.3, -0.25) is 4.79 Å². The smallest absolute Gasteiger partial charge is 0.343 e. The minimum absolute atomic E-state index is 0.0123. The van der Waals surface area contributed by atoms with Crippen molar-refractivity contribution in [2.75, 3.05) is 7.11 Å². The lowest BCUT2D eigenvalue weighted by atomic mass is 10.1. The molecule has 0 aliphatic carbocycles. The Hall–Kier alpha value is -1.81. The zero-order chi connectivity index (χ0) is 12.6. The van der Waals surface area contributed by atoms with Crippen molar-refractivity contribution in [1.82, 2.24) is 4.98 Å². The van der Waals surface area contributed by atoms with Gasteiger partial charge in [-0.2, -0.15) is 0 Å². The summed E-state index contributed by atoms with van der Waals surface area (Å²) in [6.45, 7) is 1.80. The van der Waals surface area contributed by atoms with E-state index in [2.05, 4.69) is 9.72 Å². The molecule has 1 N–H and O–H groups in total. The highest BCUT2D eigenvalue weighted by atomic mass is 35.5. The molecule has 1 aromatic carbocycles. The number of aryl methyl sites for hydroxylation is 1. The van der Waals surface area contributed by atoms with E-state index < -0.39 is 5.97 Å². The van der Waals surface area contributed by atoms with E-state index in [1.54, 1.807) is 19.1 Å². The van der Waals surface area contributed by atoms with Gasteiger partial charge in [-0.05, 0) is 24.6 Å². The number of hydrogen-bond donors (Lipinski definition) is 1. The number of carbonyl (C=O) groups is 1. The molecule has 1 heterocycles. The molecule has 0 aliphatic rings. The van der Waals surface area contributed by atoms with Crippen LogP contribution in [0.3, 0.4) is 0 Å². The number of aromatic nitrogens is 1. The van der Waals surface area contributed by atoms with Crippen molar-refractivity contribution < 1.29 is 9.53 Å². The molecule has 0 saturated heterocycles. The Labute approximate surface area is 102 Å². The van der Waals surface area contributed by atoms with Crippen molar-refractivity contribution in [3.8, 4) is 0 Å². The second-order valence-corrected chi connectivity index (χ2v) is 4.08. The number of hydrogen-bond acceptors (Lipinski definition) is 3. The van der Waals surface area contributed by atoms with E-state index in [1.165, 1.54) is 13.3 Å². The van der Waals surface area contributed by atoms with Gasteiger partial charge in [0.25, 0.3) is 0 Å². The SMILES string of the molecule is COC(=O)c1c[nH]c2cc(Cl)c(C)cc2c1=O. The lowest BCUT2D eigenvalue weighted by Crippen LogP contribution is -2.17. The van der Waals surface area contributed by atoms with Crippen LogP contribution in [0.15, 0.2) is 23.1 Å². The number of carbonyl (C=O) groups excluding carboxylic acids is 1. The molecule has 5 heteroatoms. The van der Waals surface area contributed by atoms with Crippen LogP contribution in [0.25, 0.3) is 10.9 Å². The predicted molar refractivity (Wildman–Crippen MR) is 65.7 cm³/mol. The first-order chi connectivity index (χ1) is 8.04. The minimum atomic E-state index is -0.652. The molecule has 0 atom stereocenters. The first-order valence-electron chi connectivity index (χ1n) is 4.94. The zero-order valence-electron chi connectivity index (χ0n) is 9.33. The number of methoxy groups -OCH3 is 1. The molecule has 88 valence electrons. The average molecular weight is 252 g/mol. The molecular weight excluding hydrogens is 242 g/mol. The van der Waals surface area contributed by atoms with Gasteiger partial charge in [0.1, 0.15) is 5.56 Å². The Balaban J connectivity index is 2.80. The number of fused-ring (bicyclic) bond motifs is 1. The van der Waals surface area contributed by atoms with E-state index in [1.807, 2.05) is 0 Å². The van der Waals surface area contributed by atoms with E-state index in [0.29, 0.717) is 15.9 Å². The molecule has 17 heavy (non-hydrogen) atoms. The maximum absolute atomic E-state index is 12.0. The summed E-state index contributed by atoms with van der Waals surface area (Å²) in [5, 5.41) is 0.994. The summed E-state index contributed by atoms with van der Waals surface area (Å²) in [4.78, 5) is 26.2. The van der Waals surface area contributed by atoms with E-state index >= 15 is 0 Å². The molecule has 0 fully saturated rings. The molecule has 1 aromatic heterocycles. The summed E-state index contributed by atoms with van der Waals surface area (Å²) in [6, 6.07) is 3.32. The number of benzene rings is 1. The molecule has 2 aromatic rings. The van der Waals surface area contributed by atoms with E-state index in [0.717, 1.165) is 5.56 Å². The highest BCUT2D eigenvalue weighted by Crippen LogP contribution is 2.20. The van der Waals surface area contributed by atoms with Crippen LogP contribution in [0.1, 0.15) is 15.9 Å². The molecule has 4 nitrogen and oxygen atoms in total. The number of esters is 1. The van der Waals surface area contributed by atoms with Crippen molar-refractivity contribution in [3.05, 3.63) is 44.7 Å². The Morgan fingerprint density at radius 2 is 2.12 bits per heavy atom. The number of ether oxygens (including phenoxy) is 1. The molecule has 0 aliphatic heterocycles. The van der Waals surface area contributed by atoms with Crippen molar-refractivity contribution in [2.24, 2.45) is 0 Å². The number of aromatic amines is 1. The third kappa shape index (κ3) is 1.91. The summed E-state index contributed by atoms with van der Waals surface area (Å²) in [6.07, 6.45) is 1.34. The average Bonchev–Trinajstić information content (AvgIpc) is 2.31. The molecule has 0 saturated carbocycles. The van der Waals surface area contributed by atoms with Crippen LogP contribution in [-0.2, 0) is 4.74 Å². The predicted octanol–water partition coefficient (Wildman–Crippen LogP) is 2.28. The van der Waals surface area contributed by atoms with Crippen molar-refractivity contribution in [2.45, 2.75) is 6.92 Å². The van der Waals surface area contributed by atoms with E-state index in [4.69, 9.17) is 11.6 Å². The summed E-state index contributed by atoms with van der Waals surface area (Å²) in [5.41, 5.74) is 1.01. The number of pyridine rings is 1. The molecule has 2 rings (SSSR count). The molecule has 0 amide bonds. The quantitative estimate of drug-likeness (QED) is 0.791.